The van der Waals surface area contributed by atoms with Gasteiger partial charge in [0.2, 0.25) is 6.04 Å². The van der Waals surface area contributed by atoms with E-state index in [9.17, 15) is 10.1 Å². The van der Waals surface area contributed by atoms with E-state index in [2.05, 4.69) is 0 Å². The number of ether oxygens (including phenoxy) is 1. The van der Waals surface area contributed by atoms with Gasteiger partial charge in [-0.2, -0.15) is 0 Å². The number of rotatable bonds is 1. The molecule has 8 atom stereocenters. The summed E-state index contributed by atoms with van der Waals surface area (Å²) in [4.78, 5) is 11.0. The quantitative estimate of drug-likeness (QED) is 0.422. The summed E-state index contributed by atoms with van der Waals surface area (Å²) in [6.07, 6.45) is 2.23. The van der Waals surface area contributed by atoms with E-state index in [4.69, 9.17) is 39.5 Å². The summed E-state index contributed by atoms with van der Waals surface area (Å²) >= 11 is 18.8. The summed E-state index contributed by atoms with van der Waals surface area (Å²) in [5.41, 5.74) is 0. The second-order valence-corrected chi connectivity index (χ2v) is 7.68. The largest absolute Gasteiger partial charge is 0.367 e. The molecular weight excluding hydrogens is 312 g/mol. The molecule has 108 valence electrons. The smallest absolute Gasteiger partial charge is 0.240 e. The van der Waals surface area contributed by atoms with Gasteiger partial charge in [-0.25, -0.2) is 0 Å². The van der Waals surface area contributed by atoms with Crippen LogP contribution < -0.4 is 0 Å². The molecule has 0 aromatic heterocycles. The highest BCUT2D eigenvalue weighted by molar-refractivity contribution is 6.24. The molecule has 0 radical (unpaired) electrons. The molecule has 2 saturated carbocycles. The molecule has 3 rings (SSSR count). The SMILES string of the molecule is O=[N+]([O-])C1CC(Cl)CC2C1OC1CC(Cl)CC(Cl)C12. The van der Waals surface area contributed by atoms with E-state index in [0.717, 1.165) is 19.3 Å². The minimum Gasteiger partial charge on any atom is -0.367 e. The molecule has 1 saturated heterocycles. The van der Waals surface area contributed by atoms with Crippen LogP contribution in [0.1, 0.15) is 25.7 Å². The van der Waals surface area contributed by atoms with Crippen LogP contribution in [0.25, 0.3) is 0 Å². The lowest BCUT2D eigenvalue weighted by molar-refractivity contribution is -0.539. The Hall–Kier alpha value is 0.230. The number of nitrogens with zero attached hydrogens (tertiary/aromatic N) is 1. The van der Waals surface area contributed by atoms with Crippen molar-refractivity contribution in [3.63, 3.8) is 0 Å². The fourth-order valence-electron chi connectivity index (χ4n) is 4.01. The highest BCUT2D eigenvalue weighted by Crippen LogP contribution is 2.50. The molecule has 1 heterocycles. The molecule has 4 nitrogen and oxygen atoms in total. The van der Waals surface area contributed by atoms with Crippen molar-refractivity contribution in [2.24, 2.45) is 11.8 Å². The van der Waals surface area contributed by atoms with E-state index in [0.29, 0.717) is 6.42 Å². The van der Waals surface area contributed by atoms with Gasteiger partial charge in [0.25, 0.3) is 0 Å². The number of hydrogen-bond donors (Lipinski definition) is 0. The minimum absolute atomic E-state index is 0.00441. The van der Waals surface area contributed by atoms with E-state index in [-0.39, 0.29) is 45.1 Å². The normalized spacial score (nSPS) is 53.4. The maximum atomic E-state index is 11.2. The van der Waals surface area contributed by atoms with Gasteiger partial charge in [0.1, 0.15) is 6.10 Å². The van der Waals surface area contributed by atoms with E-state index in [1.807, 2.05) is 0 Å². The van der Waals surface area contributed by atoms with Gasteiger partial charge in [-0.1, -0.05) is 0 Å². The molecule has 3 fully saturated rings. The van der Waals surface area contributed by atoms with Gasteiger partial charge in [0.05, 0.1) is 6.10 Å². The molecule has 1 aliphatic heterocycles. The van der Waals surface area contributed by atoms with Crippen molar-refractivity contribution in [3.05, 3.63) is 10.1 Å². The maximum absolute atomic E-state index is 11.2. The Labute approximate surface area is 126 Å². The van der Waals surface area contributed by atoms with Crippen LogP contribution in [-0.2, 0) is 4.74 Å². The predicted molar refractivity (Wildman–Crippen MR) is 73.8 cm³/mol. The van der Waals surface area contributed by atoms with Gasteiger partial charge in [-0.05, 0) is 25.2 Å². The van der Waals surface area contributed by atoms with Gasteiger partial charge in [0.15, 0.2) is 0 Å². The predicted octanol–water partition coefficient (Wildman–Crippen LogP) is 3.04. The van der Waals surface area contributed by atoms with Gasteiger partial charge in [-0.15, -0.1) is 34.8 Å². The Morgan fingerprint density at radius 1 is 1.05 bits per heavy atom. The van der Waals surface area contributed by atoms with Gasteiger partial charge in [0, 0.05) is 33.4 Å². The average molecular weight is 329 g/mol. The Bertz CT molecular complexity index is 383. The standard InChI is InChI=1S/C12H16Cl3NO3/c13-5-1-7-11-8(15)2-6(14)4-10(11)19-12(7)9(3-5)16(17)18/h5-12H,1-4H2. The summed E-state index contributed by atoms with van der Waals surface area (Å²) < 4.78 is 5.96. The van der Waals surface area contributed by atoms with Crippen molar-refractivity contribution in [3.8, 4) is 0 Å². The molecule has 0 amide bonds. The van der Waals surface area contributed by atoms with E-state index in [1.165, 1.54) is 0 Å². The average Bonchev–Trinajstić information content (AvgIpc) is 2.65. The van der Waals surface area contributed by atoms with Crippen LogP contribution >= 0.6 is 34.8 Å². The third kappa shape index (κ3) is 2.45. The zero-order valence-electron chi connectivity index (χ0n) is 10.3. The molecule has 0 spiro atoms. The van der Waals surface area contributed by atoms with Crippen molar-refractivity contribution in [2.45, 2.75) is 60.1 Å². The number of nitro groups is 1. The first-order chi connectivity index (χ1) is 8.97. The highest BCUT2D eigenvalue weighted by atomic mass is 35.5. The molecule has 8 unspecified atom stereocenters. The van der Waals surface area contributed by atoms with Crippen molar-refractivity contribution < 1.29 is 9.66 Å². The summed E-state index contributed by atoms with van der Waals surface area (Å²) in [5.74, 6) is 0.258. The lowest BCUT2D eigenvalue weighted by Gasteiger charge is -2.36. The molecule has 0 aromatic rings. The van der Waals surface area contributed by atoms with Crippen molar-refractivity contribution in [1.82, 2.24) is 0 Å². The summed E-state index contributed by atoms with van der Waals surface area (Å²) in [5, 5.41) is 11.0. The summed E-state index contributed by atoms with van der Waals surface area (Å²) in [6, 6.07) is -0.704. The van der Waals surface area contributed by atoms with Crippen LogP contribution in [0.15, 0.2) is 0 Å². The summed E-state index contributed by atoms with van der Waals surface area (Å²) in [6.45, 7) is 0. The monoisotopic (exact) mass is 327 g/mol. The maximum Gasteiger partial charge on any atom is 0.240 e. The molecule has 0 bridgehead atoms. The van der Waals surface area contributed by atoms with Crippen molar-refractivity contribution in [2.75, 3.05) is 0 Å². The van der Waals surface area contributed by atoms with Crippen LogP contribution in [0.5, 0.6) is 0 Å². The molecule has 0 N–H and O–H groups in total. The fourth-order valence-corrected chi connectivity index (χ4v) is 5.42. The van der Waals surface area contributed by atoms with Gasteiger partial charge in [-0.3, -0.25) is 10.1 Å². The zero-order chi connectivity index (χ0) is 13.7. The number of hydrogen-bond acceptors (Lipinski definition) is 3. The topological polar surface area (TPSA) is 52.4 Å². The zero-order valence-corrected chi connectivity index (χ0v) is 12.5. The van der Waals surface area contributed by atoms with E-state index in [1.54, 1.807) is 0 Å². The van der Waals surface area contributed by atoms with Crippen LogP contribution in [-0.4, -0.2) is 39.3 Å². The Balaban J connectivity index is 1.86. The second kappa shape index (κ2) is 5.21. The van der Waals surface area contributed by atoms with Crippen LogP contribution in [0.3, 0.4) is 0 Å². The third-order valence-corrected chi connectivity index (χ3v) is 5.92. The van der Waals surface area contributed by atoms with E-state index < -0.39 is 6.04 Å². The first kappa shape index (κ1) is 14.2. The fraction of sp³-hybridized carbons (Fsp3) is 1.00. The first-order valence-corrected chi connectivity index (χ1v) is 7.99. The molecule has 2 aliphatic carbocycles. The Morgan fingerprint density at radius 2 is 1.74 bits per heavy atom. The first-order valence-electron chi connectivity index (χ1n) is 6.68. The lowest BCUT2D eigenvalue weighted by Crippen LogP contribution is -2.46. The van der Waals surface area contributed by atoms with Crippen LogP contribution in [0.4, 0.5) is 0 Å². The van der Waals surface area contributed by atoms with Crippen LogP contribution in [0.2, 0.25) is 0 Å². The Kier molecular flexibility index (Phi) is 3.89. The molecule has 3 aliphatic rings. The minimum atomic E-state index is -0.704. The highest BCUT2D eigenvalue weighted by Gasteiger charge is 2.58. The third-order valence-electron chi connectivity index (χ3n) is 4.74. The van der Waals surface area contributed by atoms with Crippen molar-refractivity contribution in [1.29, 1.82) is 0 Å². The van der Waals surface area contributed by atoms with Gasteiger partial charge < -0.3 is 4.74 Å². The Morgan fingerprint density at radius 3 is 2.42 bits per heavy atom. The second-order valence-electron chi connectivity index (χ2n) is 5.89. The number of fused-ring (bicyclic) bond motifs is 3. The number of alkyl halides is 3. The van der Waals surface area contributed by atoms with Crippen molar-refractivity contribution >= 4 is 34.8 Å². The van der Waals surface area contributed by atoms with Crippen LogP contribution in [0, 0.1) is 22.0 Å². The summed E-state index contributed by atoms with van der Waals surface area (Å²) in [7, 11) is 0. The van der Waals surface area contributed by atoms with E-state index >= 15 is 0 Å². The molecule has 7 heteroatoms. The number of halogens is 3. The molecular formula is C12H16Cl3NO3. The lowest BCUT2D eigenvalue weighted by atomic mass is 9.71. The molecule has 19 heavy (non-hydrogen) atoms. The molecule has 0 aromatic carbocycles. The van der Waals surface area contributed by atoms with Gasteiger partial charge >= 0.3 is 0 Å².